The summed E-state index contributed by atoms with van der Waals surface area (Å²) in [4.78, 5) is 11.5. The molecule has 60 heavy (non-hydrogen) atoms. The lowest BCUT2D eigenvalue weighted by atomic mass is 10.0. The number of hydrogen-bond donors (Lipinski definition) is 0. The van der Waals surface area contributed by atoms with E-state index >= 15 is 0 Å². The van der Waals surface area contributed by atoms with Crippen LogP contribution in [0.15, 0.2) is 0 Å². The molecule has 0 saturated carbocycles. The van der Waals surface area contributed by atoms with Gasteiger partial charge in [0, 0.05) is 13.0 Å². The molecule has 0 unspecified atom stereocenters. The maximum Gasteiger partial charge on any atom is 0.305 e. The summed E-state index contributed by atoms with van der Waals surface area (Å²) in [5, 5.41) is 0. The minimum Gasteiger partial charge on any atom is -0.463 e. The summed E-state index contributed by atoms with van der Waals surface area (Å²) in [6.45, 7) is 17.3. The molecule has 0 aromatic carbocycles. The predicted octanol–water partition coefficient (Wildman–Crippen LogP) is 7.79. The quantitative estimate of drug-likeness (QED) is 0.0435. The van der Waals surface area contributed by atoms with E-state index in [1.807, 2.05) is 0 Å². The van der Waals surface area contributed by atoms with Crippen molar-refractivity contribution in [3.05, 3.63) is 0 Å². The normalized spacial score (nSPS) is 11.6. The fourth-order valence-corrected chi connectivity index (χ4v) is 5.73. The number of hydrogen-bond acceptors (Lipinski definition) is 14. The molecule has 0 aliphatic heterocycles. The van der Waals surface area contributed by atoms with Crippen LogP contribution in [-0.2, 0) is 66.4 Å². The van der Waals surface area contributed by atoms with Gasteiger partial charge in [-0.2, -0.15) is 0 Å². The summed E-state index contributed by atoms with van der Waals surface area (Å²) in [5.41, 5.74) is 0. The van der Waals surface area contributed by atoms with E-state index in [0.29, 0.717) is 158 Å². The first-order valence-corrected chi connectivity index (χ1v) is 23.9. The highest BCUT2D eigenvalue weighted by atomic mass is 16.6. The molecule has 0 aromatic rings. The highest BCUT2D eigenvalue weighted by Crippen LogP contribution is 2.13. The van der Waals surface area contributed by atoms with Crippen molar-refractivity contribution >= 4 is 5.97 Å². The molecule has 360 valence electrons. The monoisotopic (exact) mass is 869 g/mol. The third-order valence-electron chi connectivity index (χ3n) is 9.21. The maximum absolute atomic E-state index is 11.5. The van der Waals surface area contributed by atoms with Crippen molar-refractivity contribution in [2.75, 3.05) is 165 Å². The van der Waals surface area contributed by atoms with Gasteiger partial charge in [0.25, 0.3) is 0 Å². The fourth-order valence-electron chi connectivity index (χ4n) is 5.73. The van der Waals surface area contributed by atoms with Crippen LogP contribution in [-0.4, -0.2) is 171 Å². The van der Waals surface area contributed by atoms with Crippen LogP contribution in [0.3, 0.4) is 0 Å². The fraction of sp³-hybridized carbons (Fsp3) is 0.978. The van der Waals surface area contributed by atoms with Crippen LogP contribution in [0.2, 0.25) is 0 Å². The van der Waals surface area contributed by atoms with Gasteiger partial charge >= 0.3 is 5.97 Å². The van der Waals surface area contributed by atoms with Gasteiger partial charge in [0.05, 0.1) is 152 Å². The van der Waals surface area contributed by atoms with Gasteiger partial charge < -0.3 is 61.6 Å². The standard InChI is InChI=1S/C46H92O14/c1-3-5-7-8-9-10-11-12-13-14-15-16-17-19-21-48-22-23-49-24-25-50-26-27-51-28-29-52-30-31-53-32-33-54-34-35-55-36-37-56-38-39-57-40-41-58-42-43-59-44-45-60-46(47)20-18-6-4-2/h3-45H2,1-2H3. The first-order chi connectivity index (χ1) is 29.8. The van der Waals surface area contributed by atoms with E-state index in [1.165, 1.54) is 83.5 Å². The van der Waals surface area contributed by atoms with Crippen molar-refractivity contribution < 1.29 is 66.4 Å². The number of rotatable bonds is 55. The Morgan fingerprint density at radius 2 is 0.433 bits per heavy atom. The molecule has 0 bridgehead atoms. The molecule has 14 nitrogen and oxygen atoms in total. The van der Waals surface area contributed by atoms with Crippen LogP contribution in [0.5, 0.6) is 0 Å². The molecule has 0 aliphatic carbocycles. The molecular weight excluding hydrogens is 776 g/mol. The highest BCUT2D eigenvalue weighted by molar-refractivity contribution is 5.69. The van der Waals surface area contributed by atoms with E-state index < -0.39 is 0 Å². The number of ether oxygens (including phenoxy) is 13. The largest absolute Gasteiger partial charge is 0.463 e. The molecule has 0 heterocycles. The molecule has 0 aromatic heterocycles. The topological polar surface area (TPSA) is 137 Å². The second-order valence-electron chi connectivity index (χ2n) is 14.6. The van der Waals surface area contributed by atoms with Crippen LogP contribution >= 0.6 is 0 Å². The second kappa shape index (κ2) is 56.0. The van der Waals surface area contributed by atoms with Gasteiger partial charge in [-0.1, -0.05) is 110 Å². The zero-order chi connectivity index (χ0) is 43.2. The molecule has 0 fully saturated rings. The summed E-state index contributed by atoms with van der Waals surface area (Å²) in [5.74, 6) is -0.158. The molecule has 0 amide bonds. The molecule has 0 spiro atoms. The average molecular weight is 869 g/mol. The van der Waals surface area contributed by atoms with Crippen LogP contribution in [0.4, 0.5) is 0 Å². The Morgan fingerprint density at radius 3 is 0.700 bits per heavy atom. The zero-order valence-corrected chi connectivity index (χ0v) is 38.6. The molecule has 0 radical (unpaired) electrons. The van der Waals surface area contributed by atoms with Crippen molar-refractivity contribution in [1.29, 1.82) is 0 Å². The lowest BCUT2D eigenvalue weighted by Gasteiger charge is -2.09. The molecule has 0 atom stereocenters. The van der Waals surface area contributed by atoms with Crippen molar-refractivity contribution in [2.24, 2.45) is 0 Å². The Morgan fingerprint density at radius 1 is 0.233 bits per heavy atom. The summed E-state index contributed by atoms with van der Waals surface area (Å²) in [6, 6.07) is 0. The lowest BCUT2D eigenvalue weighted by Crippen LogP contribution is -2.15. The highest BCUT2D eigenvalue weighted by Gasteiger charge is 2.02. The molecule has 0 N–H and O–H groups in total. The van der Waals surface area contributed by atoms with Gasteiger partial charge in [0.15, 0.2) is 0 Å². The predicted molar refractivity (Wildman–Crippen MR) is 235 cm³/mol. The van der Waals surface area contributed by atoms with Crippen molar-refractivity contribution in [1.82, 2.24) is 0 Å². The summed E-state index contributed by atoms with van der Waals surface area (Å²) in [7, 11) is 0. The van der Waals surface area contributed by atoms with Gasteiger partial charge in [-0.3, -0.25) is 4.79 Å². The van der Waals surface area contributed by atoms with Crippen molar-refractivity contribution in [2.45, 2.75) is 129 Å². The van der Waals surface area contributed by atoms with Crippen LogP contribution in [0.1, 0.15) is 129 Å². The Balaban J connectivity index is 3.08. The van der Waals surface area contributed by atoms with E-state index in [4.69, 9.17) is 61.6 Å². The first kappa shape index (κ1) is 59.0. The first-order valence-electron chi connectivity index (χ1n) is 23.9. The molecule has 0 aliphatic rings. The van der Waals surface area contributed by atoms with Gasteiger partial charge in [0.2, 0.25) is 0 Å². The third kappa shape index (κ3) is 55.0. The number of carbonyl (C=O) groups is 1. The van der Waals surface area contributed by atoms with Gasteiger partial charge in [-0.25, -0.2) is 0 Å². The smallest absolute Gasteiger partial charge is 0.305 e. The lowest BCUT2D eigenvalue weighted by molar-refractivity contribution is -0.145. The number of esters is 1. The summed E-state index contributed by atoms with van der Waals surface area (Å²) in [6.07, 6.45) is 22.7. The Kier molecular flexibility index (Phi) is 55.1. The average Bonchev–Trinajstić information content (AvgIpc) is 3.25. The van der Waals surface area contributed by atoms with E-state index in [9.17, 15) is 4.79 Å². The van der Waals surface area contributed by atoms with Gasteiger partial charge in [-0.15, -0.1) is 0 Å². The molecule has 14 heteroatoms. The Bertz CT molecular complexity index is 781. The van der Waals surface area contributed by atoms with E-state index in [0.717, 1.165) is 32.3 Å². The number of unbranched alkanes of at least 4 members (excludes halogenated alkanes) is 15. The minimum absolute atomic E-state index is 0.158. The summed E-state index contributed by atoms with van der Waals surface area (Å²) >= 11 is 0. The molecule has 0 saturated heterocycles. The van der Waals surface area contributed by atoms with Crippen molar-refractivity contribution in [3.8, 4) is 0 Å². The van der Waals surface area contributed by atoms with Gasteiger partial charge in [0.1, 0.15) is 6.61 Å². The molecule has 0 rings (SSSR count). The van der Waals surface area contributed by atoms with Crippen LogP contribution in [0, 0.1) is 0 Å². The zero-order valence-electron chi connectivity index (χ0n) is 38.6. The van der Waals surface area contributed by atoms with Crippen molar-refractivity contribution in [3.63, 3.8) is 0 Å². The second-order valence-corrected chi connectivity index (χ2v) is 14.6. The van der Waals surface area contributed by atoms with E-state index in [-0.39, 0.29) is 12.6 Å². The molecular formula is C46H92O14. The van der Waals surface area contributed by atoms with Gasteiger partial charge in [-0.05, 0) is 12.8 Å². The third-order valence-corrected chi connectivity index (χ3v) is 9.21. The van der Waals surface area contributed by atoms with E-state index in [1.54, 1.807) is 0 Å². The van der Waals surface area contributed by atoms with Crippen LogP contribution in [0.25, 0.3) is 0 Å². The maximum atomic E-state index is 11.5. The Labute approximate surface area is 366 Å². The SMILES string of the molecule is CCCCCCCCCCCCCCCCOCCOCCOCCOCCOCCOCCOCCOCCOCCOCCOCCOCCOC(=O)CCCCC. The van der Waals surface area contributed by atoms with Crippen LogP contribution < -0.4 is 0 Å². The Hall–Kier alpha value is -1.01. The minimum atomic E-state index is -0.158. The summed E-state index contributed by atoms with van der Waals surface area (Å²) < 4.78 is 71.3. The van der Waals surface area contributed by atoms with E-state index in [2.05, 4.69) is 13.8 Å². The number of carbonyl (C=O) groups excluding carboxylic acids is 1.